The normalized spacial score (nSPS) is 20.0. The Balaban J connectivity index is 1.81. The van der Waals surface area contributed by atoms with E-state index in [1.165, 1.54) is 12.8 Å². The smallest absolute Gasteiger partial charge is 0.133 e. The SMILES string of the molecule is CC(C)C(NCC(O)c1ccco1)C1CC1. The van der Waals surface area contributed by atoms with Gasteiger partial charge in [0.1, 0.15) is 11.9 Å². The zero-order valence-electron chi connectivity index (χ0n) is 10.0. The van der Waals surface area contributed by atoms with Crippen LogP contribution in [0.2, 0.25) is 0 Å². The first kappa shape index (κ1) is 11.7. The predicted molar refractivity (Wildman–Crippen MR) is 63.0 cm³/mol. The first-order valence-electron chi connectivity index (χ1n) is 6.13. The lowest BCUT2D eigenvalue weighted by molar-refractivity contribution is 0.138. The van der Waals surface area contributed by atoms with E-state index in [-0.39, 0.29) is 0 Å². The third-order valence-corrected chi connectivity index (χ3v) is 3.27. The molecule has 3 nitrogen and oxygen atoms in total. The molecule has 2 N–H and O–H groups in total. The summed E-state index contributed by atoms with van der Waals surface area (Å²) in [6.45, 7) is 5.04. The second kappa shape index (κ2) is 5.02. The lowest BCUT2D eigenvalue weighted by Crippen LogP contribution is -2.38. The number of rotatable bonds is 6. The van der Waals surface area contributed by atoms with Crippen LogP contribution in [0.5, 0.6) is 0 Å². The average Bonchev–Trinajstić information content (AvgIpc) is 2.93. The molecule has 16 heavy (non-hydrogen) atoms. The molecule has 0 saturated heterocycles. The summed E-state index contributed by atoms with van der Waals surface area (Å²) in [4.78, 5) is 0. The van der Waals surface area contributed by atoms with Gasteiger partial charge in [0.05, 0.1) is 6.26 Å². The minimum absolute atomic E-state index is 0.532. The molecule has 1 heterocycles. The molecule has 0 aromatic carbocycles. The molecule has 0 radical (unpaired) electrons. The highest BCUT2D eigenvalue weighted by Crippen LogP contribution is 2.35. The van der Waals surface area contributed by atoms with Gasteiger partial charge in [0.2, 0.25) is 0 Å². The molecule has 90 valence electrons. The number of furan rings is 1. The van der Waals surface area contributed by atoms with Gasteiger partial charge in [0.15, 0.2) is 0 Å². The molecule has 2 atom stereocenters. The molecule has 0 amide bonds. The van der Waals surface area contributed by atoms with Crippen molar-refractivity contribution in [2.75, 3.05) is 6.54 Å². The van der Waals surface area contributed by atoms with Gasteiger partial charge in [-0.1, -0.05) is 13.8 Å². The zero-order chi connectivity index (χ0) is 11.5. The maximum Gasteiger partial charge on any atom is 0.133 e. The van der Waals surface area contributed by atoms with Gasteiger partial charge >= 0.3 is 0 Å². The summed E-state index contributed by atoms with van der Waals surface area (Å²) in [5.74, 6) is 2.07. The third kappa shape index (κ3) is 2.86. The third-order valence-electron chi connectivity index (χ3n) is 3.27. The van der Waals surface area contributed by atoms with E-state index in [0.717, 1.165) is 5.92 Å². The summed E-state index contributed by atoms with van der Waals surface area (Å²) < 4.78 is 5.17. The van der Waals surface area contributed by atoms with Crippen LogP contribution in [0.15, 0.2) is 22.8 Å². The summed E-state index contributed by atoms with van der Waals surface area (Å²) in [7, 11) is 0. The van der Waals surface area contributed by atoms with Gasteiger partial charge in [-0.15, -0.1) is 0 Å². The second-order valence-corrected chi connectivity index (χ2v) is 5.05. The van der Waals surface area contributed by atoms with E-state index >= 15 is 0 Å². The van der Waals surface area contributed by atoms with E-state index in [0.29, 0.717) is 24.3 Å². The van der Waals surface area contributed by atoms with Gasteiger partial charge in [-0.05, 0) is 36.8 Å². The van der Waals surface area contributed by atoms with Gasteiger partial charge < -0.3 is 14.8 Å². The largest absolute Gasteiger partial charge is 0.467 e. The fourth-order valence-corrected chi connectivity index (χ4v) is 2.23. The number of nitrogens with one attached hydrogen (secondary N) is 1. The van der Waals surface area contributed by atoms with E-state index in [4.69, 9.17) is 4.42 Å². The van der Waals surface area contributed by atoms with Crippen molar-refractivity contribution in [3.05, 3.63) is 24.2 Å². The molecule has 3 heteroatoms. The van der Waals surface area contributed by atoms with Crippen molar-refractivity contribution in [1.82, 2.24) is 5.32 Å². The minimum Gasteiger partial charge on any atom is -0.467 e. The zero-order valence-corrected chi connectivity index (χ0v) is 10.0. The summed E-state index contributed by atoms with van der Waals surface area (Å²) in [6.07, 6.45) is 3.72. The fraction of sp³-hybridized carbons (Fsp3) is 0.692. The van der Waals surface area contributed by atoms with Gasteiger partial charge in [-0.2, -0.15) is 0 Å². The van der Waals surface area contributed by atoms with Gasteiger partial charge in [0.25, 0.3) is 0 Å². The van der Waals surface area contributed by atoms with E-state index in [2.05, 4.69) is 19.2 Å². The first-order chi connectivity index (χ1) is 7.68. The summed E-state index contributed by atoms with van der Waals surface area (Å²) in [6, 6.07) is 4.15. The Kier molecular flexibility index (Phi) is 3.66. The number of hydrogen-bond donors (Lipinski definition) is 2. The minimum atomic E-state index is -0.532. The Morgan fingerprint density at radius 3 is 2.75 bits per heavy atom. The molecule has 2 rings (SSSR count). The van der Waals surface area contributed by atoms with Crippen LogP contribution in [0.3, 0.4) is 0 Å². The van der Waals surface area contributed by atoms with E-state index in [1.807, 2.05) is 6.07 Å². The predicted octanol–water partition coefficient (Wildman–Crippen LogP) is 2.34. The van der Waals surface area contributed by atoms with Crippen LogP contribution in [0.25, 0.3) is 0 Å². The number of hydrogen-bond acceptors (Lipinski definition) is 3. The monoisotopic (exact) mass is 223 g/mol. The molecule has 1 aliphatic carbocycles. The van der Waals surface area contributed by atoms with Gasteiger partial charge in [0, 0.05) is 12.6 Å². The molecular weight excluding hydrogens is 202 g/mol. The van der Waals surface area contributed by atoms with Crippen LogP contribution in [0.1, 0.15) is 38.6 Å². The Morgan fingerprint density at radius 2 is 2.25 bits per heavy atom. The van der Waals surface area contributed by atoms with Crippen molar-refractivity contribution >= 4 is 0 Å². The molecule has 0 bridgehead atoms. The molecule has 1 fully saturated rings. The molecule has 1 saturated carbocycles. The average molecular weight is 223 g/mol. The summed E-state index contributed by atoms with van der Waals surface area (Å²) in [5.41, 5.74) is 0. The number of aliphatic hydroxyl groups excluding tert-OH is 1. The van der Waals surface area contributed by atoms with Crippen LogP contribution >= 0.6 is 0 Å². The molecule has 1 aromatic rings. The van der Waals surface area contributed by atoms with Crippen LogP contribution < -0.4 is 5.32 Å². The Bertz CT molecular complexity index is 302. The highest BCUT2D eigenvalue weighted by Gasteiger charge is 2.33. The molecule has 1 aromatic heterocycles. The van der Waals surface area contributed by atoms with E-state index in [1.54, 1.807) is 12.3 Å². The highest BCUT2D eigenvalue weighted by atomic mass is 16.4. The maximum atomic E-state index is 9.89. The Labute approximate surface area is 96.8 Å². The molecule has 0 aliphatic heterocycles. The lowest BCUT2D eigenvalue weighted by Gasteiger charge is -2.23. The molecule has 2 unspecified atom stereocenters. The maximum absolute atomic E-state index is 9.89. The van der Waals surface area contributed by atoms with Crippen LogP contribution in [0, 0.1) is 11.8 Å². The summed E-state index contributed by atoms with van der Waals surface area (Å²) in [5, 5.41) is 13.3. The second-order valence-electron chi connectivity index (χ2n) is 5.05. The van der Waals surface area contributed by atoms with Crippen LogP contribution in [-0.4, -0.2) is 17.7 Å². The van der Waals surface area contributed by atoms with Crippen molar-refractivity contribution in [2.24, 2.45) is 11.8 Å². The summed E-state index contributed by atoms with van der Waals surface area (Å²) >= 11 is 0. The molecule has 0 spiro atoms. The Hall–Kier alpha value is -0.800. The van der Waals surface area contributed by atoms with Crippen LogP contribution in [0.4, 0.5) is 0 Å². The molecule has 1 aliphatic rings. The standard InChI is InChI=1S/C13H21NO2/c1-9(2)13(10-5-6-10)14-8-11(15)12-4-3-7-16-12/h3-4,7,9-11,13-15H,5-6,8H2,1-2H3. The highest BCUT2D eigenvalue weighted by molar-refractivity contribution is 5.02. The fourth-order valence-electron chi connectivity index (χ4n) is 2.23. The van der Waals surface area contributed by atoms with Gasteiger partial charge in [-0.25, -0.2) is 0 Å². The van der Waals surface area contributed by atoms with E-state index < -0.39 is 6.10 Å². The number of aliphatic hydroxyl groups is 1. The van der Waals surface area contributed by atoms with Crippen molar-refractivity contribution in [2.45, 2.75) is 38.8 Å². The van der Waals surface area contributed by atoms with Gasteiger partial charge in [-0.3, -0.25) is 0 Å². The Morgan fingerprint density at radius 1 is 1.50 bits per heavy atom. The molecular formula is C13H21NO2. The van der Waals surface area contributed by atoms with E-state index in [9.17, 15) is 5.11 Å². The van der Waals surface area contributed by atoms with Crippen molar-refractivity contribution in [3.8, 4) is 0 Å². The van der Waals surface area contributed by atoms with Crippen molar-refractivity contribution < 1.29 is 9.52 Å². The quantitative estimate of drug-likeness (QED) is 0.778. The van der Waals surface area contributed by atoms with Crippen LogP contribution in [-0.2, 0) is 0 Å². The van der Waals surface area contributed by atoms with Crippen molar-refractivity contribution in [3.63, 3.8) is 0 Å². The first-order valence-corrected chi connectivity index (χ1v) is 6.13. The van der Waals surface area contributed by atoms with Crippen molar-refractivity contribution in [1.29, 1.82) is 0 Å². The topological polar surface area (TPSA) is 45.4 Å². The lowest BCUT2D eigenvalue weighted by atomic mass is 9.99.